The number of nitrogens with one attached hydrogen (secondary N) is 1. The minimum atomic E-state index is -0.118. The zero-order chi connectivity index (χ0) is 20.2. The van der Waals surface area contributed by atoms with E-state index < -0.39 is 0 Å². The number of carbonyl (C=O) groups is 2. The SMILES string of the molecule is CCc1ccc(C2CNCCN2C(=O)c2cccc(C(=O)N3CCCC3)n2)cc1. The first-order valence-corrected chi connectivity index (χ1v) is 10.5. The molecule has 0 bridgehead atoms. The molecule has 1 unspecified atom stereocenters. The third-order valence-corrected chi connectivity index (χ3v) is 5.86. The molecule has 2 saturated heterocycles. The van der Waals surface area contributed by atoms with Gasteiger partial charge in [-0.1, -0.05) is 37.3 Å². The van der Waals surface area contributed by atoms with Crippen molar-refractivity contribution >= 4 is 11.8 Å². The number of hydrogen-bond donors (Lipinski definition) is 1. The van der Waals surface area contributed by atoms with Crippen molar-refractivity contribution in [3.63, 3.8) is 0 Å². The molecule has 2 amide bonds. The minimum absolute atomic E-state index is 0.0399. The first-order chi connectivity index (χ1) is 14.2. The molecule has 29 heavy (non-hydrogen) atoms. The summed E-state index contributed by atoms with van der Waals surface area (Å²) in [5, 5.41) is 3.39. The van der Waals surface area contributed by atoms with E-state index in [1.54, 1.807) is 18.2 Å². The summed E-state index contributed by atoms with van der Waals surface area (Å²) in [6, 6.07) is 13.6. The number of pyridine rings is 1. The van der Waals surface area contributed by atoms with Gasteiger partial charge in [0.05, 0.1) is 6.04 Å². The van der Waals surface area contributed by atoms with Crippen LogP contribution in [0.2, 0.25) is 0 Å². The van der Waals surface area contributed by atoms with Crippen molar-refractivity contribution in [2.24, 2.45) is 0 Å². The van der Waals surface area contributed by atoms with Crippen LogP contribution in [0.4, 0.5) is 0 Å². The summed E-state index contributed by atoms with van der Waals surface area (Å²) >= 11 is 0. The van der Waals surface area contributed by atoms with Gasteiger partial charge in [0.15, 0.2) is 0 Å². The molecule has 6 nitrogen and oxygen atoms in total. The molecule has 2 aliphatic heterocycles. The lowest BCUT2D eigenvalue weighted by molar-refractivity contribution is 0.0628. The lowest BCUT2D eigenvalue weighted by Crippen LogP contribution is -2.49. The van der Waals surface area contributed by atoms with Crippen LogP contribution in [0.1, 0.15) is 57.9 Å². The summed E-state index contributed by atoms with van der Waals surface area (Å²) in [7, 11) is 0. The average molecular weight is 393 g/mol. The van der Waals surface area contributed by atoms with Gasteiger partial charge in [-0.2, -0.15) is 0 Å². The van der Waals surface area contributed by atoms with E-state index in [-0.39, 0.29) is 17.9 Å². The Labute approximate surface area is 171 Å². The number of hydrogen-bond acceptors (Lipinski definition) is 4. The Morgan fingerprint density at radius 3 is 2.38 bits per heavy atom. The van der Waals surface area contributed by atoms with Crippen LogP contribution in [0.15, 0.2) is 42.5 Å². The van der Waals surface area contributed by atoms with Crippen LogP contribution >= 0.6 is 0 Å². The molecule has 0 saturated carbocycles. The lowest BCUT2D eigenvalue weighted by Gasteiger charge is -2.36. The predicted molar refractivity (Wildman–Crippen MR) is 112 cm³/mol. The number of rotatable bonds is 4. The number of aromatic nitrogens is 1. The molecule has 1 atom stereocenters. The van der Waals surface area contributed by atoms with E-state index in [0.29, 0.717) is 24.5 Å². The largest absolute Gasteiger partial charge is 0.337 e. The van der Waals surface area contributed by atoms with E-state index in [2.05, 4.69) is 41.5 Å². The molecule has 3 heterocycles. The number of amides is 2. The van der Waals surface area contributed by atoms with E-state index in [4.69, 9.17) is 0 Å². The Morgan fingerprint density at radius 2 is 1.69 bits per heavy atom. The Bertz CT molecular complexity index is 875. The van der Waals surface area contributed by atoms with Gasteiger partial charge in [0.2, 0.25) is 0 Å². The number of piperazine rings is 1. The summed E-state index contributed by atoms with van der Waals surface area (Å²) in [5.74, 6) is -0.198. The highest BCUT2D eigenvalue weighted by Crippen LogP contribution is 2.24. The number of likely N-dealkylation sites (tertiary alicyclic amines) is 1. The first-order valence-electron chi connectivity index (χ1n) is 10.5. The van der Waals surface area contributed by atoms with E-state index in [9.17, 15) is 9.59 Å². The maximum Gasteiger partial charge on any atom is 0.273 e. The van der Waals surface area contributed by atoms with Crippen molar-refractivity contribution in [3.05, 3.63) is 65.0 Å². The fourth-order valence-electron chi connectivity index (χ4n) is 4.12. The maximum absolute atomic E-state index is 13.3. The molecule has 4 rings (SSSR count). The molecule has 6 heteroatoms. The zero-order valence-electron chi connectivity index (χ0n) is 16.9. The first kappa shape index (κ1) is 19.6. The number of nitrogens with zero attached hydrogens (tertiary/aromatic N) is 3. The smallest absolute Gasteiger partial charge is 0.273 e. The topological polar surface area (TPSA) is 65.5 Å². The van der Waals surface area contributed by atoms with Gasteiger partial charge >= 0.3 is 0 Å². The molecule has 2 aromatic rings. The third-order valence-electron chi connectivity index (χ3n) is 5.86. The molecule has 2 fully saturated rings. The standard InChI is InChI=1S/C23H28N4O2/c1-2-17-8-10-18(11-9-17)21-16-24-12-15-27(21)23(29)20-7-5-6-19(25-20)22(28)26-13-3-4-14-26/h5-11,21,24H,2-4,12-16H2,1H3. The fourth-order valence-corrected chi connectivity index (χ4v) is 4.12. The Hall–Kier alpha value is -2.73. The van der Waals surface area contributed by atoms with Crippen LogP contribution < -0.4 is 5.32 Å². The molecule has 1 aromatic carbocycles. The van der Waals surface area contributed by atoms with E-state index in [0.717, 1.165) is 44.5 Å². The average Bonchev–Trinajstić information content (AvgIpc) is 3.33. The Kier molecular flexibility index (Phi) is 5.90. The monoisotopic (exact) mass is 392 g/mol. The summed E-state index contributed by atoms with van der Waals surface area (Å²) in [6.45, 7) is 5.75. The van der Waals surface area contributed by atoms with Crippen LogP contribution in [0.3, 0.4) is 0 Å². The molecular formula is C23H28N4O2. The number of carbonyl (C=O) groups excluding carboxylic acids is 2. The van der Waals surface area contributed by atoms with Crippen molar-refractivity contribution in [2.75, 3.05) is 32.7 Å². The molecule has 0 spiro atoms. The zero-order valence-corrected chi connectivity index (χ0v) is 16.9. The molecule has 152 valence electrons. The normalized spacial score (nSPS) is 19.4. The van der Waals surface area contributed by atoms with Crippen LogP contribution in [-0.4, -0.2) is 59.3 Å². The quantitative estimate of drug-likeness (QED) is 0.869. The highest BCUT2D eigenvalue weighted by molar-refractivity contribution is 5.96. The highest BCUT2D eigenvalue weighted by Gasteiger charge is 2.30. The van der Waals surface area contributed by atoms with E-state index in [1.165, 1.54) is 5.56 Å². The van der Waals surface area contributed by atoms with Crippen LogP contribution in [-0.2, 0) is 6.42 Å². The van der Waals surface area contributed by atoms with E-state index in [1.807, 2.05) is 9.80 Å². The number of benzene rings is 1. The highest BCUT2D eigenvalue weighted by atomic mass is 16.2. The Morgan fingerprint density at radius 1 is 1.00 bits per heavy atom. The van der Waals surface area contributed by atoms with Crippen molar-refractivity contribution in [3.8, 4) is 0 Å². The second-order valence-corrected chi connectivity index (χ2v) is 7.72. The van der Waals surface area contributed by atoms with Gasteiger partial charge in [0.1, 0.15) is 11.4 Å². The Balaban J connectivity index is 1.56. The molecule has 0 aliphatic carbocycles. The van der Waals surface area contributed by atoms with Crippen LogP contribution in [0.5, 0.6) is 0 Å². The van der Waals surface area contributed by atoms with Gasteiger partial charge in [-0.25, -0.2) is 4.98 Å². The summed E-state index contributed by atoms with van der Waals surface area (Å²) in [5.41, 5.74) is 3.10. The second-order valence-electron chi connectivity index (χ2n) is 7.72. The van der Waals surface area contributed by atoms with Crippen LogP contribution in [0, 0.1) is 0 Å². The van der Waals surface area contributed by atoms with Gasteiger partial charge in [-0.15, -0.1) is 0 Å². The molecular weight excluding hydrogens is 364 g/mol. The molecule has 1 aromatic heterocycles. The maximum atomic E-state index is 13.3. The summed E-state index contributed by atoms with van der Waals surface area (Å²) in [4.78, 5) is 34.1. The molecule has 2 aliphatic rings. The third kappa shape index (κ3) is 4.17. The van der Waals surface area contributed by atoms with E-state index >= 15 is 0 Å². The van der Waals surface area contributed by atoms with Gasteiger partial charge in [0.25, 0.3) is 11.8 Å². The minimum Gasteiger partial charge on any atom is -0.337 e. The summed E-state index contributed by atoms with van der Waals surface area (Å²) in [6.07, 6.45) is 3.06. The van der Waals surface area contributed by atoms with Crippen molar-refractivity contribution in [1.82, 2.24) is 20.1 Å². The summed E-state index contributed by atoms with van der Waals surface area (Å²) < 4.78 is 0. The molecule has 0 radical (unpaired) electrons. The fraction of sp³-hybridized carbons (Fsp3) is 0.435. The molecule has 1 N–H and O–H groups in total. The van der Waals surface area contributed by atoms with Gasteiger partial charge in [0, 0.05) is 32.7 Å². The predicted octanol–water partition coefficient (Wildman–Crippen LogP) is 2.67. The van der Waals surface area contributed by atoms with Crippen molar-refractivity contribution in [2.45, 2.75) is 32.2 Å². The van der Waals surface area contributed by atoms with Crippen molar-refractivity contribution < 1.29 is 9.59 Å². The lowest BCUT2D eigenvalue weighted by atomic mass is 10.0. The van der Waals surface area contributed by atoms with Crippen LogP contribution in [0.25, 0.3) is 0 Å². The van der Waals surface area contributed by atoms with Gasteiger partial charge in [-0.3, -0.25) is 9.59 Å². The number of aryl methyl sites for hydroxylation is 1. The van der Waals surface area contributed by atoms with Crippen molar-refractivity contribution in [1.29, 1.82) is 0 Å². The van der Waals surface area contributed by atoms with Gasteiger partial charge in [-0.05, 0) is 42.5 Å². The second kappa shape index (κ2) is 8.74. The van der Waals surface area contributed by atoms with Gasteiger partial charge < -0.3 is 15.1 Å².